The summed E-state index contributed by atoms with van der Waals surface area (Å²) in [6.07, 6.45) is 5.53. The minimum Gasteiger partial charge on any atom is -0.399 e. The second-order valence-electron chi connectivity index (χ2n) is 5.14. The summed E-state index contributed by atoms with van der Waals surface area (Å²) >= 11 is 0. The Morgan fingerprint density at radius 2 is 1.33 bits per heavy atom. The van der Waals surface area contributed by atoms with Gasteiger partial charge in [-0.2, -0.15) is 0 Å². The first-order valence-electron chi connectivity index (χ1n) is 7.02. The van der Waals surface area contributed by atoms with Crippen molar-refractivity contribution < 1.29 is 0 Å². The molecule has 21 heavy (non-hydrogen) atoms. The molecule has 0 amide bonds. The molecule has 4 rings (SSSR count). The van der Waals surface area contributed by atoms with E-state index >= 15 is 0 Å². The number of hydrogen-bond acceptors (Lipinski definition) is 2. The van der Waals surface area contributed by atoms with Crippen molar-refractivity contribution in [3.05, 3.63) is 77.9 Å². The predicted octanol–water partition coefficient (Wildman–Crippen LogP) is 4.26. The summed E-state index contributed by atoms with van der Waals surface area (Å²) in [6, 6.07) is 20.1. The SMILES string of the molecule is C1=Cc2cccc3cccc(c23)C1.Nc1ccc(N)cc1. The van der Waals surface area contributed by atoms with Gasteiger partial charge in [0.1, 0.15) is 0 Å². The number of nitrogens with two attached hydrogens (primary N) is 2. The van der Waals surface area contributed by atoms with E-state index in [0.717, 1.165) is 17.8 Å². The van der Waals surface area contributed by atoms with Crippen LogP contribution in [0.1, 0.15) is 11.1 Å². The molecule has 0 bridgehead atoms. The van der Waals surface area contributed by atoms with E-state index in [1.165, 1.54) is 21.9 Å². The molecule has 2 heteroatoms. The van der Waals surface area contributed by atoms with Crippen LogP contribution in [0.5, 0.6) is 0 Å². The van der Waals surface area contributed by atoms with Gasteiger partial charge in [0, 0.05) is 11.4 Å². The number of allylic oxidation sites excluding steroid dienone is 1. The van der Waals surface area contributed by atoms with Crippen LogP contribution in [-0.2, 0) is 6.42 Å². The largest absolute Gasteiger partial charge is 0.399 e. The van der Waals surface area contributed by atoms with Gasteiger partial charge in [-0.3, -0.25) is 0 Å². The van der Waals surface area contributed by atoms with Crippen LogP contribution in [0.4, 0.5) is 11.4 Å². The van der Waals surface area contributed by atoms with Gasteiger partial charge in [0.05, 0.1) is 0 Å². The first-order chi connectivity index (χ1) is 10.2. The van der Waals surface area contributed by atoms with Crippen LogP contribution in [-0.4, -0.2) is 0 Å². The van der Waals surface area contributed by atoms with E-state index < -0.39 is 0 Å². The van der Waals surface area contributed by atoms with Crippen molar-refractivity contribution in [1.29, 1.82) is 0 Å². The predicted molar refractivity (Wildman–Crippen MR) is 92.0 cm³/mol. The van der Waals surface area contributed by atoms with Gasteiger partial charge in [0.15, 0.2) is 0 Å². The van der Waals surface area contributed by atoms with Gasteiger partial charge in [-0.25, -0.2) is 0 Å². The van der Waals surface area contributed by atoms with E-state index in [-0.39, 0.29) is 0 Å². The molecule has 0 atom stereocenters. The molecule has 4 N–H and O–H groups in total. The van der Waals surface area contributed by atoms with Crippen molar-refractivity contribution in [2.45, 2.75) is 6.42 Å². The van der Waals surface area contributed by atoms with Crippen molar-refractivity contribution in [2.75, 3.05) is 11.5 Å². The zero-order valence-corrected chi connectivity index (χ0v) is 11.8. The lowest BCUT2D eigenvalue weighted by atomic mass is 9.93. The molecule has 2 nitrogen and oxygen atoms in total. The fraction of sp³-hybridized carbons (Fsp3) is 0.0526. The Labute approximate surface area is 124 Å². The molecule has 0 aliphatic heterocycles. The van der Waals surface area contributed by atoms with Crippen molar-refractivity contribution in [1.82, 2.24) is 0 Å². The summed E-state index contributed by atoms with van der Waals surface area (Å²) in [4.78, 5) is 0. The topological polar surface area (TPSA) is 52.0 Å². The number of rotatable bonds is 0. The second-order valence-corrected chi connectivity index (χ2v) is 5.14. The van der Waals surface area contributed by atoms with Gasteiger partial charge < -0.3 is 11.5 Å². The Balaban J connectivity index is 0.000000143. The maximum Gasteiger partial charge on any atom is 0.0315 e. The van der Waals surface area contributed by atoms with Crippen molar-refractivity contribution >= 4 is 28.2 Å². The summed E-state index contributed by atoms with van der Waals surface area (Å²) in [5.74, 6) is 0. The van der Waals surface area contributed by atoms with Crippen molar-refractivity contribution in [3.63, 3.8) is 0 Å². The average Bonchev–Trinajstić information content (AvgIpc) is 2.52. The molecule has 1 aliphatic carbocycles. The van der Waals surface area contributed by atoms with Gasteiger partial charge in [-0.15, -0.1) is 0 Å². The van der Waals surface area contributed by atoms with Crippen LogP contribution in [0.15, 0.2) is 66.7 Å². The molecular weight excluding hydrogens is 256 g/mol. The third-order valence-corrected chi connectivity index (χ3v) is 3.59. The van der Waals surface area contributed by atoms with Crippen LogP contribution in [0.3, 0.4) is 0 Å². The van der Waals surface area contributed by atoms with E-state index in [2.05, 4.69) is 48.6 Å². The summed E-state index contributed by atoms with van der Waals surface area (Å²) in [5.41, 5.74) is 15.1. The summed E-state index contributed by atoms with van der Waals surface area (Å²) in [6.45, 7) is 0. The number of nitrogen functional groups attached to an aromatic ring is 2. The lowest BCUT2D eigenvalue weighted by Gasteiger charge is -2.11. The van der Waals surface area contributed by atoms with E-state index in [1.54, 1.807) is 24.3 Å². The Bertz CT molecular complexity index is 760. The van der Waals surface area contributed by atoms with Crippen molar-refractivity contribution in [3.8, 4) is 0 Å². The van der Waals surface area contributed by atoms with Crippen LogP contribution in [0.25, 0.3) is 16.8 Å². The molecule has 0 heterocycles. The van der Waals surface area contributed by atoms with Gasteiger partial charge in [-0.05, 0) is 52.6 Å². The van der Waals surface area contributed by atoms with Gasteiger partial charge in [0.2, 0.25) is 0 Å². The molecule has 0 unspecified atom stereocenters. The number of benzene rings is 3. The zero-order chi connectivity index (χ0) is 14.7. The molecule has 0 saturated carbocycles. The van der Waals surface area contributed by atoms with E-state index in [4.69, 9.17) is 11.5 Å². The molecule has 3 aromatic rings. The summed E-state index contributed by atoms with van der Waals surface area (Å²) < 4.78 is 0. The highest BCUT2D eigenvalue weighted by Gasteiger charge is 2.06. The molecule has 0 fully saturated rings. The van der Waals surface area contributed by atoms with Crippen LogP contribution in [0, 0.1) is 0 Å². The Morgan fingerprint density at radius 1 is 0.714 bits per heavy atom. The Kier molecular flexibility index (Phi) is 3.61. The van der Waals surface area contributed by atoms with Crippen LogP contribution in [0.2, 0.25) is 0 Å². The third-order valence-electron chi connectivity index (χ3n) is 3.59. The summed E-state index contributed by atoms with van der Waals surface area (Å²) in [5, 5.41) is 2.80. The van der Waals surface area contributed by atoms with Gasteiger partial charge in [0.25, 0.3) is 0 Å². The number of hydrogen-bond donors (Lipinski definition) is 2. The fourth-order valence-corrected chi connectivity index (χ4v) is 2.57. The zero-order valence-electron chi connectivity index (χ0n) is 11.8. The average molecular weight is 274 g/mol. The van der Waals surface area contributed by atoms with Crippen LogP contribution < -0.4 is 11.5 Å². The van der Waals surface area contributed by atoms with E-state index in [0.29, 0.717) is 0 Å². The third kappa shape index (κ3) is 2.90. The van der Waals surface area contributed by atoms with Crippen LogP contribution >= 0.6 is 0 Å². The van der Waals surface area contributed by atoms with E-state index in [9.17, 15) is 0 Å². The lowest BCUT2D eigenvalue weighted by Crippen LogP contribution is -1.91. The molecule has 104 valence electrons. The smallest absolute Gasteiger partial charge is 0.0315 e. The Hall–Kier alpha value is -2.74. The quantitative estimate of drug-likeness (QED) is 0.602. The molecule has 1 aliphatic rings. The molecular formula is C19H18N2. The second kappa shape index (κ2) is 5.71. The standard InChI is InChI=1S/C13H10.C6H8N2/c1-4-10-6-2-8-12-9-3-7-11(5-1)13(10)12;7-5-1-2-6(8)4-3-5/h1-8H,9H2;1-4H,7-8H2. The molecule has 0 spiro atoms. The minimum absolute atomic E-state index is 0.749. The first-order valence-corrected chi connectivity index (χ1v) is 7.02. The minimum atomic E-state index is 0.749. The molecule has 0 radical (unpaired) electrons. The first kappa shape index (κ1) is 13.3. The van der Waals surface area contributed by atoms with Crippen molar-refractivity contribution in [2.24, 2.45) is 0 Å². The lowest BCUT2D eigenvalue weighted by molar-refractivity contribution is 1.29. The number of anilines is 2. The molecule has 0 aromatic heterocycles. The normalized spacial score (nSPS) is 11.8. The fourth-order valence-electron chi connectivity index (χ4n) is 2.57. The van der Waals surface area contributed by atoms with Gasteiger partial charge in [-0.1, -0.05) is 48.6 Å². The molecule has 3 aromatic carbocycles. The van der Waals surface area contributed by atoms with Gasteiger partial charge >= 0.3 is 0 Å². The summed E-state index contributed by atoms with van der Waals surface area (Å²) in [7, 11) is 0. The maximum absolute atomic E-state index is 5.37. The molecule has 0 saturated heterocycles. The highest BCUT2D eigenvalue weighted by atomic mass is 14.6. The monoisotopic (exact) mass is 274 g/mol. The maximum atomic E-state index is 5.37. The highest BCUT2D eigenvalue weighted by molar-refractivity contribution is 5.94. The Morgan fingerprint density at radius 3 is 2.00 bits per heavy atom. The highest BCUT2D eigenvalue weighted by Crippen LogP contribution is 2.27. The van der Waals surface area contributed by atoms with E-state index in [1.807, 2.05) is 0 Å².